The monoisotopic (exact) mass is 283 g/mol. The molecule has 0 aromatic heterocycles. The van der Waals surface area contributed by atoms with Gasteiger partial charge in [-0.05, 0) is 37.1 Å². The molecule has 0 aliphatic rings. The first-order valence-electron chi connectivity index (χ1n) is 6.95. The lowest BCUT2D eigenvalue weighted by atomic mass is 10.1. The average Bonchev–Trinajstić information content (AvgIpc) is 2.41. The summed E-state index contributed by atoms with van der Waals surface area (Å²) in [7, 11) is 0. The largest absolute Gasteiger partial charge is 0.478 e. The lowest BCUT2D eigenvalue weighted by molar-refractivity contribution is 0.0692. The van der Waals surface area contributed by atoms with Crippen molar-refractivity contribution in [1.29, 1.82) is 0 Å². The predicted molar refractivity (Wildman–Crippen MR) is 75.4 cm³/mol. The van der Waals surface area contributed by atoms with E-state index in [0.29, 0.717) is 6.54 Å². The Kier molecular flexibility index (Phi) is 7.84. The van der Waals surface area contributed by atoms with Gasteiger partial charge in [0, 0.05) is 19.8 Å². The summed E-state index contributed by atoms with van der Waals surface area (Å²) in [4.78, 5) is 10.7. The molecule has 0 saturated carbocycles. The van der Waals surface area contributed by atoms with Crippen LogP contribution in [0.5, 0.6) is 0 Å². The zero-order valence-corrected chi connectivity index (χ0v) is 11.8. The van der Waals surface area contributed by atoms with Crippen LogP contribution in [0.4, 0.5) is 4.39 Å². The summed E-state index contributed by atoms with van der Waals surface area (Å²) in [6.45, 7) is 4.96. The van der Waals surface area contributed by atoms with E-state index >= 15 is 0 Å². The molecular weight excluding hydrogens is 261 g/mol. The molecule has 0 atom stereocenters. The second-order valence-electron chi connectivity index (χ2n) is 4.62. The molecule has 4 nitrogen and oxygen atoms in total. The number of unbranched alkanes of at least 4 members (excludes halogenated alkanes) is 1. The van der Waals surface area contributed by atoms with Crippen LogP contribution in [0.1, 0.15) is 42.1 Å². The minimum Gasteiger partial charge on any atom is -0.478 e. The van der Waals surface area contributed by atoms with Gasteiger partial charge in [0.25, 0.3) is 0 Å². The van der Waals surface area contributed by atoms with Crippen LogP contribution in [-0.4, -0.2) is 30.8 Å². The van der Waals surface area contributed by atoms with Gasteiger partial charge in [0.2, 0.25) is 0 Å². The van der Waals surface area contributed by atoms with E-state index in [1.165, 1.54) is 12.1 Å². The molecule has 112 valence electrons. The highest BCUT2D eigenvalue weighted by molar-refractivity contribution is 5.87. The van der Waals surface area contributed by atoms with Gasteiger partial charge in [0.1, 0.15) is 5.82 Å². The van der Waals surface area contributed by atoms with E-state index in [4.69, 9.17) is 9.84 Å². The molecule has 0 bridgehead atoms. The zero-order chi connectivity index (χ0) is 14.8. The van der Waals surface area contributed by atoms with Crippen molar-refractivity contribution in [2.45, 2.75) is 32.7 Å². The second kappa shape index (κ2) is 9.44. The molecule has 0 amide bonds. The molecule has 0 saturated heterocycles. The van der Waals surface area contributed by atoms with Crippen molar-refractivity contribution < 1.29 is 19.0 Å². The van der Waals surface area contributed by atoms with Crippen molar-refractivity contribution in [2.24, 2.45) is 0 Å². The van der Waals surface area contributed by atoms with Crippen LogP contribution >= 0.6 is 0 Å². The first kappa shape index (κ1) is 16.6. The summed E-state index contributed by atoms with van der Waals surface area (Å²) in [5.74, 6) is -1.94. The number of rotatable bonds is 10. The van der Waals surface area contributed by atoms with E-state index in [9.17, 15) is 9.18 Å². The first-order valence-corrected chi connectivity index (χ1v) is 6.95. The molecule has 0 radical (unpaired) electrons. The van der Waals surface area contributed by atoms with Gasteiger partial charge >= 0.3 is 5.97 Å². The van der Waals surface area contributed by atoms with Gasteiger partial charge in [-0.2, -0.15) is 0 Å². The summed E-state index contributed by atoms with van der Waals surface area (Å²) >= 11 is 0. The van der Waals surface area contributed by atoms with E-state index in [2.05, 4.69) is 12.2 Å². The van der Waals surface area contributed by atoms with Crippen LogP contribution in [0.25, 0.3) is 0 Å². The van der Waals surface area contributed by atoms with Crippen molar-refractivity contribution in [2.75, 3.05) is 19.8 Å². The van der Waals surface area contributed by atoms with E-state index in [-0.39, 0.29) is 5.56 Å². The van der Waals surface area contributed by atoms with Gasteiger partial charge in [-0.1, -0.05) is 19.4 Å². The molecule has 20 heavy (non-hydrogen) atoms. The van der Waals surface area contributed by atoms with Crippen molar-refractivity contribution in [3.05, 3.63) is 35.1 Å². The summed E-state index contributed by atoms with van der Waals surface area (Å²) in [5, 5.41) is 11.9. The molecule has 0 aliphatic carbocycles. The van der Waals surface area contributed by atoms with E-state index in [1.54, 1.807) is 6.07 Å². The van der Waals surface area contributed by atoms with E-state index < -0.39 is 11.8 Å². The summed E-state index contributed by atoms with van der Waals surface area (Å²) in [5.41, 5.74) is 0.442. The molecule has 1 aromatic rings. The number of aromatic carboxylic acids is 1. The third kappa shape index (κ3) is 6.12. The number of carboxylic acid groups (broad SMARTS) is 1. The Labute approximate surface area is 119 Å². The first-order chi connectivity index (χ1) is 9.65. The number of hydrogen-bond donors (Lipinski definition) is 2. The lowest BCUT2D eigenvalue weighted by Crippen LogP contribution is -2.17. The number of nitrogens with one attached hydrogen (secondary N) is 1. The van der Waals surface area contributed by atoms with Gasteiger partial charge in [-0.3, -0.25) is 0 Å². The van der Waals surface area contributed by atoms with E-state index in [1.807, 2.05) is 0 Å². The fourth-order valence-electron chi connectivity index (χ4n) is 1.72. The Balaban J connectivity index is 2.19. The summed E-state index contributed by atoms with van der Waals surface area (Å²) < 4.78 is 18.8. The Hall–Kier alpha value is -1.46. The number of benzene rings is 1. The minimum absolute atomic E-state index is 0.293. The zero-order valence-electron chi connectivity index (χ0n) is 11.8. The van der Waals surface area contributed by atoms with Crippen molar-refractivity contribution in [1.82, 2.24) is 5.32 Å². The van der Waals surface area contributed by atoms with Crippen LogP contribution < -0.4 is 5.32 Å². The topological polar surface area (TPSA) is 58.6 Å². The molecule has 0 fully saturated rings. The Morgan fingerprint density at radius 2 is 2.10 bits per heavy atom. The normalized spacial score (nSPS) is 10.7. The molecule has 0 spiro atoms. The van der Waals surface area contributed by atoms with Crippen LogP contribution in [0, 0.1) is 5.82 Å². The lowest BCUT2D eigenvalue weighted by Gasteiger charge is -2.07. The molecule has 0 aliphatic heterocycles. The minimum atomic E-state index is -1.24. The number of ether oxygens (including phenoxy) is 1. The highest BCUT2D eigenvalue weighted by atomic mass is 19.1. The smallest absolute Gasteiger partial charge is 0.338 e. The number of hydrogen-bond acceptors (Lipinski definition) is 3. The molecule has 1 aromatic carbocycles. The number of carbonyl (C=O) groups is 1. The maximum Gasteiger partial charge on any atom is 0.338 e. The third-order valence-corrected chi connectivity index (χ3v) is 2.88. The third-order valence-electron chi connectivity index (χ3n) is 2.88. The highest BCUT2D eigenvalue weighted by Gasteiger charge is 2.09. The van der Waals surface area contributed by atoms with Crippen LogP contribution in [-0.2, 0) is 11.3 Å². The predicted octanol–water partition coefficient (Wildman–Crippen LogP) is 2.82. The van der Waals surface area contributed by atoms with Gasteiger partial charge in [0.05, 0.1) is 5.56 Å². The highest BCUT2D eigenvalue weighted by Crippen LogP contribution is 2.10. The van der Waals surface area contributed by atoms with Gasteiger partial charge in [-0.25, -0.2) is 9.18 Å². The van der Waals surface area contributed by atoms with Crippen LogP contribution in [0.3, 0.4) is 0 Å². The van der Waals surface area contributed by atoms with Crippen molar-refractivity contribution >= 4 is 5.97 Å². The fraction of sp³-hybridized carbons (Fsp3) is 0.533. The average molecular weight is 283 g/mol. The molecule has 1 rings (SSSR count). The maximum absolute atomic E-state index is 13.4. The van der Waals surface area contributed by atoms with Crippen molar-refractivity contribution in [3.63, 3.8) is 0 Å². The second-order valence-corrected chi connectivity index (χ2v) is 4.62. The maximum atomic E-state index is 13.4. The molecule has 2 N–H and O–H groups in total. The van der Waals surface area contributed by atoms with Gasteiger partial charge in [-0.15, -0.1) is 0 Å². The van der Waals surface area contributed by atoms with Crippen LogP contribution in [0.2, 0.25) is 0 Å². The fourth-order valence-corrected chi connectivity index (χ4v) is 1.72. The molecular formula is C15H22FNO3. The van der Waals surface area contributed by atoms with Crippen LogP contribution in [0.15, 0.2) is 18.2 Å². The Morgan fingerprint density at radius 3 is 2.75 bits per heavy atom. The Morgan fingerprint density at radius 1 is 1.35 bits per heavy atom. The van der Waals surface area contributed by atoms with Crippen molar-refractivity contribution in [3.8, 4) is 0 Å². The Bertz CT molecular complexity index is 424. The molecule has 0 unspecified atom stereocenters. The van der Waals surface area contributed by atoms with Gasteiger partial charge < -0.3 is 15.2 Å². The van der Waals surface area contributed by atoms with Gasteiger partial charge in [0.15, 0.2) is 0 Å². The number of halogens is 1. The molecule has 0 heterocycles. The quantitative estimate of drug-likeness (QED) is 0.648. The van der Waals surface area contributed by atoms with E-state index in [0.717, 1.165) is 44.6 Å². The SMILES string of the molecule is CCCCOCCCNCc1ccc(C(=O)O)c(F)c1. The number of carboxylic acids is 1. The summed E-state index contributed by atoms with van der Waals surface area (Å²) in [6, 6.07) is 4.17. The molecule has 5 heteroatoms. The standard InChI is InChI=1S/C15H22FNO3/c1-2-3-8-20-9-4-7-17-11-12-5-6-13(15(18)19)14(16)10-12/h5-6,10,17H,2-4,7-9,11H2,1H3,(H,18,19). The summed E-state index contributed by atoms with van der Waals surface area (Å²) in [6.07, 6.45) is 3.12.